The Morgan fingerprint density at radius 1 is 1.03 bits per heavy atom. The van der Waals surface area contributed by atoms with Crippen molar-refractivity contribution in [3.05, 3.63) is 77.3 Å². The van der Waals surface area contributed by atoms with Crippen LogP contribution in [0.3, 0.4) is 0 Å². The minimum atomic E-state index is 0.0234. The summed E-state index contributed by atoms with van der Waals surface area (Å²) >= 11 is 6.26. The van der Waals surface area contributed by atoms with E-state index in [1.165, 1.54) is 0 Å². The van der Waals surface area contributed by atoms with Crippen molar-refractivity contribution in [1.82, 2.24) is 15.1 Å². The van der Waals surface area contributed by atoms with Gasteiger partial charge in [-0.15, -0.1) is 0 Å². The molecule has 7 heteroatoms. The first kappa shape index (κ1) is 23.6. The Balaban J connectivity index is 1.34. The predicted molar refractivity (Wildman–Crippen MR) is 136 cm³/mol. The third kappa shape index (κ3) is 5.51. The van der Waals surface area contributed by atoms with Gasteiger partial charge in [-0.1, -0.05) is 48.0 Å². The standard InChI is InChI=1S/C27H28ClN3O3/c1-33-22-12-10-19(25(18-22)34-2)14-15-29-26(32)9-6-16-31-24-13-11-21(28)17-23(24)27(30-31)20-7-4-3-5-8-20/h3-5,7-8,10-13,17-18H,6,9,14-16H2,1-2H3,(H,29,32). The summed E-state index contributed by atoms with van der Waals surface area (Å²) in [4.78, 5) is 12.4. The zero-order valence-corrected chi connectivity index (χ0v) is 20.1. The molecule has 1 N–H and O–H groups in total. The normalized spacial score (nSPS) is 10.9. The highest BCUT2D eigenvalue weighted by Crippen LogP contribution is 2.30. The molecule has 0 aliphatic carbocycles. The highest BCUT2D eigenvalue weighted by Gasteiger charge is 2.13. The van der Waals surface area contributed by atoms with E-state index in [0.29, 0.717) is 37.4 Å². The fraction of sp³-hybridized carbons (Fsp3) is 0.259. The molecular formula is C27H28ClN3O3. The average Bonchev–Trinajstić information content (AvgIpc) is 3.22. The lowest BCUT2D eigenvalue weighted by Gasteiger charge is -2.11. The average molecular weight is 478 g/mol. The number of carbonyl (C=O) groups is 1. The van der Waals surface area contributed by atoms with Gasteiger partial charge in [-0.05, 0) is 42.7 Å². The molecule has 1 amide bonds. The molecule has 0 saturated heterocycles. The fourth-order valence-corrected chi connectivity index (χ4v) is 4.18. The third-order valence-corrected chi connectivity index (χ3v) is 5.98. The fourth-order valence-electron chi connectivity index (χ4n) is 4.00. The highest BCUT2D eigenvalue weighted by molar-refractivity contribution is 6.31. The van der Waals surface area contributed by atoms with E-state index in [2.05, 4.69) is 5.32 Å². The van der Waals surface area contributed by atoms with Gasteiger partial charge in [0.25, 0.3) is 0 Å². The van der Waals surface area contributed by atoms with E-state index >= 15 is 0 Å². The molecule has 4 aromatic rings. The number of methoxy groups -OCH3 is 2. The molecule has 1 heterocycles. The second kappa shape index (κ2) is 11.1. The number of aryl methyl sites for hydroxylation is 1. The van der Waals surface area contributed by atoms with E-state index in [-0.39, 0.29) is 5.91 Å². The molecule has 4 rings (SSSR count). The number of benzene rings is 3. The predicted octanol–water partition coefficient (Wildman–Crippen LogP) is 5.51. The molecule has 0 bridgehead atoms. The Bertz CT molecular complexity index is 1270. The van der Waals surface area contributed by atoms with Crippen LogP contribution in [0.15, 0.2) is 66.7 Å². The van der Waals surface area contributed by atoms with Gasteiger partial charge < -0.3 is 14.8 Å². The Kier molecular flexibility index (Phi) is 7.70. The minimum Gasteiger partial charge on any atom is -0.497 e. The van der Waals surface area contributed by atoms with Crippen molar-refractivity contribution in [3.63, 3.8) is 0 Å². The lowest BCUT2D eigenvalue weighted by molar-refractivity contribution is -0.121. The van der Waals surface area contributed by atoms with E-state index < -0.39 is 0 Å². The summed E-state index contributed by atoms with van der Waals surface area (Å²) in [6.45, 7) is 1.19. The van der Waals surface area contributed by atoms with Crippen molar-refractivity contribution in [1.29, 1.82) is 0 Å². The lowest BCUT2D eigenvalue weighted by Crippen LogP contribution is -2.25. The van der Waals surface area contributed by atoms with Crippen LogP contribution in [0.25, 0.3) is 22.2 Å². The number of carbonyl (C=O) groups excluding carboxylic acids is 1. The number of hydrogen-bond donors (Lipinski definition) is 1. The molecule has 176 valence electrons. The Hall–Kier alpha value is -3.51. The summed E-state index contributed by atoms with van der Waals surface area (Å²) in [6, 6.07) is 21.6. The van der Waals surface area contributed by atoms with Gasteiger partial charge in [-0.3, -0.25) is 9.48 Å². The maximum absolute atomic E-state index is 12.4. The number of amides is 1. The first-order chi connectivity index (χ1) is 16.6. The molecule has 6 nitrogen and oxygen atoms in total. The van der Waals surface area contributed by atoms with Gasteiger partial charge in [-0.2, -0.15) is 5.10 Å². The van der Waals surface area contributed by atoms with Gasteiger partial charge in [0.2, 0.25) is 5.91 Å². The molecule has 1 aromatic heterocycles. The summed E-state index contributed by atoms with van der Waals surface area (Å²) in [5.41, 5.74) is 3.98. The zero-order chi connectivity index (χ0) is 23.9. The van der Waals surface area contributed by atoms with Gasteiger partial charge in [0.1, 0.15) is 17.2 Å². The van der Waals surface area contributed by atoms with E-state index in [1.54, 1.807) is 14.2 Å². The summed E-state index contributed by atoms with van der Waals surface area (Å²) in [6.07, 6.45) is 1.80. The number of rotatable bonds is 10. The zero-order valence-electron chi connectivity index (χ0n) is 19.4. The van der Waals surface area contributed by atoms with Crippen LogP contribution >= 0.6 is 11.6 Å². The summed E-state index contributed by atoms with van der Waals surface area (Å²) in [5, 5.41) is 9.52. The molecule has 0 spiro atoms. The Morgan fingerprint density at radius 3 is 2.62 bits per heavy atom. The van der Waals surface area contributed by atoms with Crippen molar-refractivity contribution in [2.24, 2.45) is 0 Å². The summed E-state index contributed by atoms with van der Waals surface area (Å²) < 4.78 is 12.6. The third-order valence-electron chi connectivity index (χ3n) is 5.74. The second-order valence-corrected chi connectivity index (χ2v) is 8.42. The van der Waals surface area contributed by atoms with E-state index in [1.807, 2.05) is 71.4 Å². The molecule has 34 heavy (non-hydrogen) atoms. The van der Waals surface area contributed by atoms with Crippen molar-refractivity contribution in [2.45, 2.75) is 25.8 Å². The number of aromatic nitrogens is 2. The molecule has 0 aliphatic rings. The van der Waals surface area contributed by atoms with Crippen molar-refractivity contribution >= 4 is 28.4 Å². The van der Waals surface area contributed by atoms with E-state index in [0.717, 1.165) is 39.2 Å². The van der Waals surface area contributed by atoms with Gasteiger partial charge in [0.15, 0.2) is 0 Å². The molecule has 3 aromatic carbocycles. The smallest absolute Gasteiger partial charge is 0.220 e. The van der Waals surface area contributed by atoms with E-state index in [4.69, 9.17) is 26.2 Å². The summed E-state index contributed by atoms with van der Waals surface area (Å²) in [5.74, 6) is 1.53. The number of halogens is 1. The van der Waals surface area contributed by atoms with Crippen molar-refractivity contribution in [2.75, 3.05) is 20.8 Å². The first-order valence-corrected chi connectivity index (χ1v) is 11.7. The highest BCUT2D eigenvalue weighted by atomic mass is 35.5. The number of nitrogens with zero attached hydrogens (tertiary/aromatic N) is 2. The van der Waals surface area contributed by atoms with Crippen LogP contribution in [0.5, 0.6) is 11.5 Å². The van der Waals surface area contributed by atoms with Crippen molar-refractivity contribution in [3.8, 4) is 22.8 Å². The topological polar surface area (TPSA) is 65.4 Å². The maximum atomic E-state index is 12.4. The lowest BCUT2D eigenvalue weighted by atomic mass is 10.1. The van der Waals surface area contributed by atoms with Crippen LogP contribution in [0, 0.1) is 0 Å². The van der Waals surface area contributed by atoms with Gasteiger partial charge in [-0.25, -0.2) is 0 Å². The van der Waals surface area contributed by atoms with Crippen LogP contribution in [0.2, 0.25) is 5.02 Å². The molecule has 0 fully saturated rings. The number of ether oxygens (including phenoxy) is 2. The largest absolute Gasteiger partial charge is 0.497 e. The monoisotopic (exact) mass is 477 g/mol. The maximum Gasteiger partial charge on any atom is 0.220 e. The van der Waals surface area contributed by atoms with Crippen LogP contribution in [-0.2, 0) is 17.8 Å². The molecule has 0 atom stereocenters. The molecule has 0 saturated carbocycles. The summed E-state index contributed by atoms with van der Waals surface area (Å²) in [7, 11) is 3.26. The molecule has 0 unspecified atom stereocenters. The second-order valence-electron chi connectivity index (χ2n) is 7.98. The first-order valence-electron chi connectivity index (χ1n) is 11.3. The molecule has 0 radical (unpaired) electrons. The van der Waals surface area contributed by atoms with Crippen LogP contribution < -0.4 is 14.8 Å². The van der Waals surface area contributed by atoms with E-state index in [9.17, 15) is 4.79 Å². The Labute approximate surface area is 204 Å². The minimum absolute atomic E-state index is 0.0234. The van der Waals surface area contributed by atoms with Gasteiger partial charge in [0.05, 0.1) is 19.7 Å². The SMILES string of the molecule is COc1ccc(CCNC(=O)CCCn2nc(-c3ccccc3)c3cc(Cl)ccc32)c(OC)c1. The van der Waals surface area contributed by atoms with Gasteiger partial charge in [0, 0.05) is 41.5 Å². The Morgan fingerprint density at radius 2 is 1.85 bits per heavy atom. The molecule has 0 aliphatic heterocycles. The molecular weight excluding hydrogens is 450 g/mol. The van der Waals surface area contributed by atoms with Crippen LogP contribution in [0.4, 0.5) is 0 Å². The van der Waals surface area contributed by atoms with Gasteiger partial charge >= 0.3 is 0 Å². The quantitative estimate of drug-likeness (QED) is 0.327. The number of hydrogen-bond acceptors (Lipinski definition) is 4. The van der Waals surface area contributed by atoms with Crippen molar-refractivity contribution < 1.29 is 14.3 Å². The van der Waals surface area contributed by atoms with Crippen LogP contribution in [-0.4, -0.2) is 36.5 Å². The number of fused-ring (bicyclic) bond motifs is 1. The van der Waals surface area contributed by atoms with Crippen LogP contribution in [0.1, 0.15) is 18.4 Å². The number of nitrogens with one attached hydrogen (secondary N) is 1.